The number of carbonyl (C=O) groups excluding carboxylic acids is 1. The second kappa shape index (κ2) is 5.51. The molecule has 0 N–H and O–H groups in total. The fourth-order valence-corrected chi connectivity index (χ4v) is 7.15. The molecule has 0 atom stereocenters. The standard InChI is InChI=1S/C20H19OP/c1-22(17-21,18-11-5-2-6-12-18,19-13-7-3-8-14-19)20-15-9-4-10-16-20/h2-17H,1H3. The van der Waals surface area contributed by atoms with E-state index < -0.39 is 6.60 Å². The van der Waals surface area contributed by atoms with Gasteiger partial charge in [-0.2, -0.15) is 0 Å². The Morgan fingerprint density at radius 1 is 0.591 bits per heavy atom. The zero-order valence-corrected chi connectivity index (χ0v) is 13.5. The molecular formula is C20H19OP. The van der Waals surface area contributed by atoms with E-state index in [1.807, 2.05) is 54.6 Å². The van der Waals surface area contributed by atoms with Crippen LogP contribution in [0.2, 0.25) is 0 Å². The van der Waals surface area contributed by atoms with E-state index in [0.29, 0.717) is 0 Å². The van der Waals surface area contributed by atoms with E-state index in [2.05, 4.69) is 43.1 Å². The Balaban J connectivity index is 2.44. The third-order valence-corrected chi connectivity index (χ3v) is 9.94. The Morgan fingerprint density at radius 2 is 0.864 bits per heavy atom. The van der Waals surface area contributed by atoms with Gasteiger partial charge in [-0.15, -0.1) is 0 Å². The first-order valence-corrected chi connectivity index (χ1v) is 10.1. The Kier molecular flexibility index (Phi) is 3.68. The first-order valence-electron chi connectivity index (χ1n) is 7.34. The van der Waals surface area contributed by atoms with Crippen molar-refractivity contribution in [3.63, 3.8) is 0 Å². The Hall–Kier alpha value is -2.24. The summed E-state index contributed by atoms with van der Waals surface area (Å²) in [5.41, 5.74) is 0. The molecule has 3 aromatic rings. The van der Waals surface area contributed by atoms with Gasteiger partial charge in [0.1, 0.15) is 0 Å². The summed E-state index contributed by atoms with van der Waals surface area (Å²) in [4.78, 5) is 12.6. The fraction of sp³-hybridized carbons (Fsp3) is 0.0500. The van der Waals surface area contributed by atoms with Crippen LogP contribution in [0.15, 0.2) is 91.0 Å². The molecule has 22 heavy (non-hydrogen) atoms. The molecular weight excluding hydrogens is 287 g/mol. The van der Waals surface area contributed by atoms with Crippen LogP contribution in [0.3, 0.4) is 0 Å². The average molecular weight is 306 g/mol. The monoisotopic (exact) mass is 306 g/mol. The fourth-order valence-electron chi connectivity index (χ4n) is 3.07. The van der Waals surface area contributed by atoms with Crippen molar-refractivity contribution in [2.24, 2.45) is 0 Å². The minimum absolute atomic E-state index is 1.10. The predicted octanol–water partition coefficient (Wildman–Crippen LogP) is 3.34. The molecule has 1 nitrogen and oxygen atoms in total. The molecule has 0 heterocycles. The van der Waals surface area contributed by atoms with Gasteiger partial charge < -0.3 is 0 Å². The molecule has 0 aliphatic carbocycles. The van der Waals surface area contributed by atoms with Crippen molar-refractivity contribution in [1.82, 2.24) is 0 Å². The van der Waals surface area contributed by atoms with Crippen molar-refractivity contribution in [1.29, 1.82) is 0 Å². The molecule has 2 heteroatoms. The van der Waals surface area contributed by atoms with Crippen molar-refractivity contribution in [3.05, 3.63) is 91.0 Å². The second-order valence-electron chi connectivity index (χ2n) is 5.76. The van der Waals surface area contributed by atoms with Gasteiger partial charge in [-0.05, 0) is 0 Å². The molecule has 0 aromatic heterocycles. The number of hydrogen-bond acceptors (Lipinski definition) is 1. The SMILES string of the molecule is CP(C=O)(c1ccccc1)(c1ccccc1)c1ccccc1. The zero-order chi connectivity index (χ0) is 15.5. The van der Waals surface area contributed by atoms with Crippen LogP contribution in [0, 0.1) is 0 Å². The molecule has 0 aliphatic rings. The van der Waals surface area contributed by atoms with Gasteiger partial charge in [0.2, 0.25) is 0 Å². The summed E-state index contributed by atoms with van der Waals surface area (Å²) in [6, 6.07) is 31.7. The molecule has 3 rings (SSSR count). The van der Waals surface area contributed by atoms with Crippen LogP contribution in [0.1, 0.15) is 0 Å². The van der Waals surface area contributed by atoms with Crippen LogP contribution in [0.5, 0.6) is 0 Å². The summed E-state index contributed by atoms with van der Waals surface area (Å²) in [6.07, 6.45) is 0. The van der Waals surface area contributed by atoms with Crippen LogP contribution >= 0.6 is 6.60 Å². The van der Waals surface area contributed by atoms with E-state index in [4.69, 9.17) is 0 Å². The van der Waals surface area contributed by atoms with Crippen LogP contribution in [0.4, 0.5) is 0 Å². The first kappa shape index (κ1) is 14.7. The summed E-state index contributed by atoms with van der Waals surface area (Å²) < 4.78 is 0. The van der Waals surface area contributed by atoms with E-state index in [1.165, 1.54) is 6.03 Å². The molecule has 0 radical (unpaired) electrons. The van der Waals surface area contributed by atoms with Gasteiger partial charge in [-0.1, -0.05) is 0 Å². The third-order valence-electron chi connectivity index (χ3n) is 4.53. The van der Waals surface area contributed by atoms with E-state index in [9.17, 15) is 4.79 Å². The first-order chi connectivity index (χ1) is 10.7. The molecule has 0 bridgehead atoms. The maximum absolute atomic E-state index is 12.6. The Labute approximate surface area is 131 Å². The maximum atomic E-state index is 12.6. The van der Waals surface area contributed by atoms with Gasteiger partial charge >= 0.3 is 131 Å². The Morgan fingerprint density at radius 3 is 1.09 bits per heavy atom. The van der Waals surface area contributed by atoms with Gasteiger partial charge in [-0.3, -0.25) is 0 Å². The predicted molar refractivity (Wildman–Crippen MR) is 97.8 cm³/mol. The van der Waals surface area contributed by atoms with Crippen LogP contribution in [0.25, 0.3) is 0 Å². The van der Waals surface area contributed by atoms with Crippen LogP contribution in [-0.2, 0) is 4.79 Å². The third kappa shape index (κ3) is 2.01. The van der Waals surface area contributed by atoms with Crippen molar-refractivity contribution in [2.45, 2.75) is 0 Å². The molecule has 110 valence electrons. The number of hydrogen-bond donors (Lipinski definition) is 0. The summed E-state index contributed by atoms with van der Waals surface area (Å²) in [5.74, 6) is 0. The molecule has 0 fully saturated rings. The van der Waals surface area contributed by atoms with Crippen molar-refractivity contribution in [3.8, 4) is 0 Å². The summed E-state index contributed by atoms with van der Waals surface area (Å²) in [5, 5.41) is 3.29. The van der Waals surface area contributed by atoms with E-state index in [1.54, 1.807) is 0 Å². The van der Waals surface area contributed by atoms with Crippen LogP contribution in [-0.4, -0.2) is 12.7 Å². The molecule has 0 aliphatic heterocycles. The molecule has 0 unspecified atom stereocenters. The van der Waals surface area contributed by atoms with Gasteiger partial charge in [-0.25, -0.2) is 0 Å². The average Bonchev–Trinajstić information content (AvgIpc) is 2.63. The molecule has 0 spiro atoms. The Bertz CT molecular complexity index is 667. The van der Waals surface area contributed by atoms with Crippen molar-refractivity contribution >= 4 is 28.5 Å². The number of rotatable bonds is 4. The summed E-state index contributed by atoms with van der Waals surface area (Å²) >= 11 is 0. The van der Waals surface area contributed by atoms with E-state index in [0.717, 1.165) is 15.9 Å². The molecule has 0 saturated heterocycles. The normalized spacial score (nSPS) is 13.0. The molecule has 3 aromatic carbocycles. The summed E-state index contributed by atoms with van der Waals surface area (Å²) in [6.45, 7) is -0.943. The van der Waals surface area contributed by atoms with E-state index >= 15 is 0 Å². The number of benzene rings is 3. The second-order valence-corrected chi connectivity index (χ2v) is 10.8. The zero-order valence-electron chi connectivity index (χ0n) is 12.6. The van der Waals surface area contributed by atoms with Crippen LogP contribution < -0.4 is 15.9 Å². The minimum atomic E-state index is -3.08. The quantitative estimate of drug-likeness (QED) is 0.534. The van der Waals surface area contributed by atoms with Crippen molar-refractivity contribution < 1.29 is 4.79 Å². The molecule has 0 saturated carbocycles. The van der Waals surface area contributed by atoms with E-state index in [-0.39, 0.29) is 0 Å². The van der Waals surface area contributed by atoms with Gasteiger partial charge in [0, 0.05) is 0 Å². The van der Waals surface area contributed by atoms with Gasteiger partial charge in [0.05, 0.1) is 0 Å². The number of carbonyl (C=O) groups is 1. The molecule has 0 amide bonds. The topological polar surface area (TPSA) is 17.1 Å². The summed E-state index contributed by atoms with van der Waals surface area (Å²) in [7, 11) is 0. The van der Waals surface area contributed by atoms with Gasteiger partial charge in [0.25, 0.3) is 0 Å². The van der Waals surface area contributed by atoms with Gasteiger partial charge in [0.15, 0.2) is 0 Å². The van der Waals surface area contributed by atoms with Crippen molar-refractivity contribution in [2.75, 3.05) is 6.66 Å².